The zero-order valence-electron chi connectivity index (χ0n) is 53.0. The molecule has 526 valence electrons. The van der Waals surface area contributed by atoms with Crippen molar-refractivity contribution in [2.75, 3.05) is 5.32 Å². The van der Waals surface area contributed by atoms with Crippen LogP contribution in [0.25, 0.3) is 0 Å². The molecule has 1 N–H and O–H groups in total. The summed E-state index contributed by atoms with van der Waals surface area (Å²) in [5.41, 5.74) is -46.5. The molecule has 0 spiro atoms. The Morgan fingerprint density at radius 3 is 1.12 bits per heavy atom. The molecule has 0 radical (unpaired) electrons. The van der Waals surface area contributed by atoms with Crippen LogP contribution in [0.1, 0.15) is 169 Å². The Balaban J connectivity index is 1.57. The number of nitrogens with zero attached hydrogens (tertiary/aromatic N) is 1. The lowest BCUT2D eigenvalue weighted by molar-refractivity contribution is -0.291. The molecule has 0 heterocycles. The van der Waals surface area contributed by atoms with Crippen LogP contribution in [0.2, 0.25) is 0 Å². The zero-order chi connectivity index (χ0) is 72.5. The van der Waals surface area contributed by atoms with Gasteiger partial charge in [-0.25, -0.2) is 0 Å². The maximum atomic E-state index is 16.6. The predicted molar refractivity (Wildman–Crippen MR) is 317 cm³/mol. The highest BCUT2D eigenvalue weighted by molar-refractivity contribution is 5.83. The number of benzene rings is 6. The van der Waals surface area contributed by atoms with Gasteiger partial charge in [0.15, 0.2) is 0 Å². The minimum absolute atomic E-state index is 0.0505. The number of alkyl halides is 24. The summed E-state index contributed by atoms with van der Waals surface area (Å²) < 4.78 is 387. The Bertz CT molecular complexity index is 3630. The van der Waals surface area contributed by atoms with Gasteiger partial charge in [-0.05, 0) is 111 Å². The number of aliphatic imine (C=N–C) groups is 1. The fourth-order valence-corrected chi connectivity index (χ4v) is 15.0. The van der Waals surface area contributed by atoms with Gasteiger partial charge in [-0.15, -0.1) is 0 Å². The lowest BCUT2D eigenvalue weighted by Crippen LogP contribution is -2.57. The first-order valence-corrected chi connectivity index (χ1v) is 30.4. The third-order valence-corrected chi connectivity index (χ3v) is 20.4. The van der Waals surface area contributed by atoms with Gasteiger partial charge in [-0.2, -0.15) is 105 Å². The minimum atomic E-state index is -7.22. The third kappa shape index (κ3) is 12.0. The van der Waals surface area contributed by atoms with Crippen molar-refractivity contribution in [2.24, 2.45) is 21.2 Å². The Labute approximate surface area is 539 Å². The van der Waals surface area contributed by atoms with E-state index in [0.29, 0.717) is 79.8 Å². The van der Waals surface area contributed by atoms with E-state index in [-0.39, 0.29) is 103 Å². The van der Waals surface area contributed by atoms with Crippen molar-refractivity contribution in [1.29, 1.82) is 0 Å². The van der Waals surface area contributed by atoms with Crippen LogP contribution in [0.15, 0.2) is 151 Å². The van der Waals surface area contributed by atoms with E-state index in [1.807, 2.05) is 27.7 Å². The monoisotopic (exact) mass is 1390 g/mol. The standard InChI is InChI=1S/C70H68F24N2/c1-10-36-55(5,6)58(9,38-12-3)96-53-35-33-49(40-51(53)62(69(89,90)91,70(92,93)94)45-22-18-15-19-23-45)60(65(77,78)79,66(80,81)82)48-32-34-52(50(39-48)61(67(83,84)85,68(86,87)88)44-20-16-14-17-21-44)95-41-42-24-28-46(29-25-42)59(63(71,72)73,64(74,75)76)47-30-26-43(27-31-47)54-56(7,13-4)57(54,8)37-11-2/h14-35,39-41,54,96H,10-13,36-38H2,1-9H3. The van der Waals surface area contributed by atoms with Gasteiger partial charge < -0.3 is 5.32 Å². The topological polar surface area (TPSA) is 24.4 Å². The normalized spacial score (nSPS) is 19.2. The van der Waals surface area contributed by atoms with Crippen molar-refractivity contribution in [2.45, 2.75) is 190 Å². The second-order valence-corrected chi connectivity index (χ2v) is 25.9. The summed E-state index contributed by atoms with van der Waals surface area (Å²) in [5.74, 6) is -0.272. The number of hydrogen-bond acceptors (Lipinski definition) is 2. The number of nitrogens with one attached hydrogen (secondary N) is 1. The highest BCUT2D eigenvalue weighted by atomic mass is 19.4. The minimum Gasteiger partial charge on any atom is -0.379 e. The smallest absolute Gasteiger partial charge is 0.379 e. The van der Waals surface area contributed by atoms with Gasteiger partial charge in [0, 0.05) is 28.6 Å². The Kier molecular flexibility index (Phi) is 20.3. The summed E-state index contributed by atoms with van der Waals surface area (Å²) in [6.45, 7) is 15.3. The lowest BCUT2D eigenvalue weighted by atomic mass is 9.65. The van der Waals surface area contributed by atoms with E-state index < -0.39 is 156 Å². The van der Waals surface area contributed by atoms with E-state index in [9.17, 15) is 0 Å². The number of halogens is 24. The molecular formula is C70H68F24N2. The van der Waals surface area contributed by atoms with Crippen LogP contribution >= 0.6 is 0 Å². The first-order valence-electron chi connectivity index (χ1n) is 30.4. The molecule has 0 bridgehead atoms. The molecule has 1 aliphatic rings. The molecule has 6 aromatic rings. The lowest BCUT2D eigenvalue weighted by Gasteiger charge is -2.48. The van der Waals surface area contributed by atoms with Crippen molar-refractivity contribution in [3.63, 3.8) is 0 Å². The molecule has 4 unspecified atom stereocenters. The summed E-state index contributed by atoms with van der Waals surface area (Å²) in [4.78, 5) is 3.58. The fraction of sp³-hybridized carbons (Fsp3) is 0.471. The Morgan fingerprint density at radius 1 is 0.385 bits per heavy atom. The van der Waals surface area contributed by atoms with Crippen molar-refractivity contribution in [3.05, 3.63) is 201 Å². The molecular weight excluding hydrogens is 1320 g/mol. The second-order valence-electron chi connectivity index (χ2n) is 25.9. The summed E-state index contributed by atoms with van der Waals surface area (Å²) >= 11 is 0. The number of hydrogen-bond donors (Lipinski definition) is 1. The third-order valence-electron chi connectivity index (χ3n) is 20.4. The van der Waals surface area contributed by atoms with Crippen molar-refractivity contribution in [3.8, 4) is 0 Å². The molecule has 7 rings (SSSR count). The van der Waals surface area contributed by atoms with Gasteiger partial charge in [0.1, 0.15) is 0 Å². The van der Waals surface area contributed by atoms with Crippen LogP contribution in [0.4, 0.5) is 117 Å². The highest BCUT2D eigenvalue weighted by Crippen LogP contribution is 2.78. The molecule has 2 nitrogen and oxygen atoms in total. The Hall–Kier alpha value is -6.89. The maximum absolute atomic E-state index is 16.6. The summed E-state index contributed by atoms with van der Waals surface area (Å²) in [7, 11) is 0. The quantitative estimate of drug-likeness (QED) is 0.0564. The SMILES string of the molecule is CCCC(C)(C)C(C)(CCC)Nc1ccc(C(c2ccc(N=Cc3ccc(C(c4ccc(C5C(C)(CC)C5(C)CCC)cc4)(C(F)(F)F)C(F)(F)F)cc3)c(C(c3ccccc3)(C(F)(F)F)C(F)(F)F)c2)(C(F)(F)F)C(F)(F)F)cc1C(c1ccccc1)(C(F)(F)F)C(F)(F)F. The van der Waals surface area contributed by atoms with Crippen LogP contribution < -0.4 is 5.32 Å². The van der Waals surface area contributed by atoms with Crippen LogP contribution in [0.5, 0.6) is 0 Å². The molecule has 26 heteroatoms. The summed E-state index contributed by atoms with van der Waals surface area (Å²) in [5, 5.41) is 2.60. The van der Waals surface area contributed by atoms with Gasteiger partial charge >= 0.3 is 49.4 Å². The van der Waals surface area contributed by atoms with E-state index in [0.717, 1.165) is 24.3 Å². The van der Waals surface area contributed by atoms with Gasteiger partial charge in [0.25, 0.3) is 0 Å². The molecule has 1 fully saturated rings. The zero-order valence-corrected chi connectivity index (χ0v) is 53.0. The molecule has 6 aromatic carbocycles. The average molecular weight is 1390 g/mol. The molecule has 0 aliphatic heterocycles. The molecule has 0 amide bonds. The molecule has 0 saturated heterocycles. The average Bonchev–Trinajstić information content (AvgIpc) is 1.22. The highest BCUT2D eigenvalue weighted by Gasteiger charge is 2.78. The first-order chi connectivity index (χ1) is 43.9. The largest absolute Gasteiger partial charge is 0.411 e. The van der Waals surface area contributed by atoms with E-state index in [1.165, 1.54) is 20.8 Å². The molecule has 1 saturated carbocycles. The number of rotatable bonds is 21. The Morgan fingerprint density at radius 2 is 0.740 bits per heavy atom. The van der Waals surface area contributed by atoms with Crippen LogP contribution in [-0.4, -0.2) is 61.2 Å². The fourth-order valence-electron chi connectivity index (χ4n) is 15.0. The van der Waals surface area contributed by atoms with E-state index >= 15 is 105 Å². The van der Waals surface area contributed by atoms with Gasteiger partial charge in [-0.3, -0.25) is 4.99 Å². The van der Waals surface area contributed by atoms with Crippen molar-refractivity contribution >= 4 is 17.6 Å². The van der Waals surface area contributed by atoms with Crippen LogP contribution in [-0.2, 0) is 21.7 Å². The van der Waals surface area contributed by atoms with E-state index in [1.54, 1.807) is 13.8 Å². The van der Waals surface area contributed by atoms with Crippen molar-refractivity contribution < 1.29 is 105 Å². The van der Waals surface area contributed by atoms with Gasteiger partial charge in [0.2, 0.25) is 21.7 Å². The molecule has 1 aliphatic carbocycles. The summed E-state index contributed by atoms with van der Waals surface area (Å²) in [6, 6.07) is 7.40. The molecule has 4 atom stereocenters. The van der Waals surface area contributed by atoms with E-state index in [2.05, 4.69) is 10.3 Å². The molecule has 0 aromatic heterocycles. The first kappa shape index (κ1) is 76.5. The van der Waals surface area contributed by atoms with Crippen molar-refractivity contribution in [1.82, 2.24) is 0 Å². The second kappa shape index (κ2) is 25.4. The van der Waals surface area contributed by atoms with Gasteiger partial charge in [-0.1, -0.05) is 208 Å². The van der Waals surface area contributed by atoms with E-state index in [4.69, 9.17) is 0 Å². The molecule has 96 heavy (non-hydrogen) atoms. The van der Waals surface area contributed by atoms with Crippen LogP contribution in [0, 0.1) is 16.2 Å². The maximum Gasteiger partial charge on any atom is 0.411 e. The summed E-state index contributed by atoms with van der Waals surface area (Å²) in [6.07, 6.45) is -51.6. The van der Waals surface area contributed by atoms with Crippen LogP contribution in [0.3, 0.4) is 0 Å². The van der Waals surface area contributed by atoms with Gasteiger partial charge in [0.05, 0.1) is 5.69 Å². The predicted octanol–water partition coefficient (Wildman–Crippen LogP) is 24.2. The number of anilines is 1.